The molecule has 3 rings (SSSR count). The summed E-state index contributed by atoms with van der Waals surface area (Å²) in [6.45, 7) is 3.15. The maximum atomic E-state index is 11.7. The molecule has 2 fully saturated rings. The van der Waals surface area contributed by atoms with Crippen molar-refractivity contribution < 1.29 is 13.2 Å². The van der Waals surface area contributed by atoms with Gasteiger partial charge in [-0.2, -0.15) is 4.31 Å². The molecule has 2 aliphatic rings. The standard InChI is InChI=1S/C14H20N2O3S/c1-20(17,18)15-7-8-16-13(9-15)10-19-11-14(16)12-5-3-2-4-6-12/h2-6,13-14H,7-11H2,1H3/t13-,14-/m1/s1. The number of hydrogen-bond donors (Lipinski definition) is 0. The Morgan fingerprint density at radius 2 is 1.90 bits per heavy atom. The zero-order chi connectivity index (χ0) is 14.2. The second-order valence-corrected chi connectivity index (χ2v) is 7.46. The van der Waals surface area contributed by atoms with Gasteiger partial charge < -0.3 is 4.74 Å². The van der Waals surface area contributed by atoms with Crippen LogP contribution in [0.25, 0.3) is 0 Å². The van der Waals surface area contributed by atoms with Crippen LogP contribution in [0.5, 0.6) is 0 Å². The van der Waals surface area contributed by atoms with Gasteiger partial charge in [-0.15, -0.1) is 0 Å². The molecular formula is C14H20N2O3S. The van der Waals surface area contributed by atoms with E-state index in [-0.39, 0.29) is 12.1 Å². The molecule has 0 aliphatic carbocycles. The minimum Gasteiger partial charge on any atom is -0.378 e. The topological polar surface area (TPSA) is 49.9 Å². The fourth-order valence-electron chi connectivity index (χ4n) is 3.08. The van der Waals surface area contributed by atoms with E-state index in [4.69, 9.17) is 4.74 Å². The van der Waals surface area contributed by atoms with E-state index in [1.54, 1.807) is 4.31 Å². The van der Waals surface area contributed by atoms with Gasteiger partial charge in [0.1, 0.15) is 0 Å². The van der Waals surface area contributed by atoms with Gasteiger partial charge in [0.25, 0.3) is 0 Å². The Hall–Kier alpha value is -0.950. The van der Waals surface area contributed by atoms with Crippen molar-refractivity contribution in [2.45, 2.75) is 12.1 Å². The van der Waals surface area contributed by atoms with Crippen LogP contribution in [0.1, 0.15) is 11.6 Å². The van der Waals surface area contributed by atoms with Crippen LogP contribution in [0.3, 0.4) is 0 Å². The van der Waals surface area contributed by atoms with E-state index in [2.05, 4.69) is 17.0 Å². The minimum atomic E-state index is -3.11. The maximum absolute atomic E-state index is 11.7. The van der Waals surface area contributed by atoms with Crippen LogP contribution in [0, 0.1) is 0 Å². The van der Waals surface area contributed by atoms with Crippen LogP contribution in [0.15, 0.2) is 30.3 Å². The average molecular weight is 296 g/mol. The van der Waals surface area contributed by atoms with Crippen molar-refractivity contribution in [1.29, 1.82) is 0 Å². The number of rotatable bonds is 2. The van der Waals surface area contributed by atoms with E-state index >= 15 is 0 Å². The Bertz CT molecular complexity index is 561. The van der Waals surface area contributed by atoms with Crippen LogP contribution in [-0.2, 0) is 14.8 Å². The summed E-state index contributed by atoms with van der Waals surface area (Å²) in [4.78, 5) is 2.39. The SMILES string of the molecule is CS(=O)(=O)N1CCN2[C@@H](COC[C@@H]2c2ccccc2)C1. The summed E-state index contributed by atoms with van der Waals surface area (Å²) < 4.78 is 30.6. The molecule has 6 heteroatoms. The number of fused-ring (bicyclic) bond motifs is 1. The largest absolute Gasteiger partial charge is 0.378 e. The molecule has 5 nitrogen and oxygen atoms in total. The lowest BCUT2D eigenvalue weighted by atomic mass is 10.0. The molecule has 20 heavy (non-hydrogen) atoms. The predicted octanol–water partition coefficient (Wildman–Crippen LogP) is 0.704. The van der Waals surface area contributed by atoms with Crippen LogP contribution in [0.4, 0.5) is 0 Å². The molecule has 2 atom stereocenters. The lowest BCUT2D eigenvalue weighted by molar-refractivity contribution is -0.0708. The van der Waals surface area contributed by atoms with E-state index in [9.17, 15) is 8.42 Å². The van der Waals surface area contributed by atoms with Gasteiger partial charge in [-0.25, -0.2) is 8.42 Å². The Morgan fingerprint density at radius 3 is 2.60 bits per heavy atom. The van der Waals surface area contributed by atoms with Crippen molar-refractivity contribution in [3.05, 3.63) is 35.9 Å². The molecular weight excluding hydrogens is 276 g/mol. The molecule has 2 saturated heterocycles. The van der Waals surface area contributed by atoms with Crippen molar-refractivity contribution in [3.8, 4) is 0 Å². The van der Waals surface area contributed by atoms with Crippen molar-refractivity contribution in [2.75, 3.05) is 39.1 Å². The molecule has 110 valence electrons. The third-order valence-corrected chi connectivity index (χ3v) is 5.40. The van der Waals surface area contributed by atoms with Crippen LogP contribution >= 0.6 is 0 Å². The predicted molar refractivity (Wildman–Crippen MR) is 76.9 cm³/mol. The first-order valence-electron chi connectivity index (χ1n) is 6.89. The fourth-order valence-corrected chi connectivity index (χ4v) is 3.93. The van der Waals surface area contributed by atoms with Crippen molar-refractivity contribution in [1.82, 2.24) is 9.21 Å². The first-order chi connectivity index (χ1) is 9.55. The maximum Gasteiger partial charge on any atom is 0.211 e. The molecule has 1 aromatic rings. The van der Waals surface area contributed by atoms with Gasteiger partial charge >= 0.3 is 0 Å². The average Bonchev–Trinajstić information content (AvgIpc) is 2.46. The summed E-state index contributed by atoms with van der Waals surface area (Å²) in [6, 6.07) is 10.7. The van der Waals surface area contributed by atoms with E-state index in [1.807, 2.05) is 18.2 Å². The quantitative estimate of drug-likeness (QED) is 0.806. The molecule has 0 saturated carbocycles. The number of hydrogen-bond acceptors (Lipinski definition) is 4. The van der Waals surface area contributed by atoms with Gasteiger partial charge in [0.15, 0.2) is 0 Å². The number of morpholine rings is 1. The number of piperazine rings is 1. The monoisotopic (exact) mass is 296 g/mol. The summed E-state index contributed by atoms with van der Waals surface area (Å²) >= 11 is 0. The van der Waals surface area contributed by atoms with Gasteiger partial charge in [-0.1, -0.05) is 30.3 Å². The molecule has 1 aromatic carbocycles. The number of benzene rings is 1. The van der Waals surface area contributed by atoms with Crippen LogP contribution in [-0.4, -0.2) is 62.8 Å². The van der Waals surface area contributed by atoms with Gasteiger partial charge in [-0.05, 0) is 5.56 Å². The number of ether oxygens (including phenoxy) is 1. The highest BCUT2D eigenvalue weighted by Crippen LogP contribution is 2.29. The zero-order valence-corrected chi connectivity index (χ0v) is 12.4. The van der Waals surface area contributed by atoms with E-state index in [1.165, 1.54) is 11.8 Å². The Balaban J connectivity index is 1.79. The van der Waals surface area contributed by atoms with E-state index < -0.39 is 10.0 Å². The molecule has 0 unspecified atom stereocenters. The van der Waals surface area contributed by atoms with Gasteiger partial charge in [-0.3, -0.25) is 4.90 Å². The number of nitrogens with zero attached hydrogens (tertiary/aromatic N) is 2. The third-order valence-electron chi connectivity index (χ3n) is 4.13. The van der Waals surface area contributed by atoms with Gasteiger partial charge in [0.2, 0.25) is 10.0 Å². The van der Waals surface area contributed by atoms with Gasteiger partial charge in [0.05, 0.1) is 25.5 Å². The normalized spacial score (nSPS) is 29.1. The van der Waals surface area contributed by atoms with Crippen molar-refractivity contribution in [2.24, 2.45) is 0 Å². The Labute approximate surface area is 120 Å². The Morgan fingerprint density at radius 1 is 1.15 bits per heavy atom. The third kappa shape index (κ3) is 2.74. The second kappa shape index (κ2) is 5.44. The molecule has 0 bridgehead atoms. The lowest BCUT2D eigenvalue weighted by Gasteiger charge is -2.47. The minimum absolute atomic E-state index is 0.150. The van der Waals surface area contributed by atoms with E-state index in [0.29, 0.717) is 26.3 Å². The summed E-state index contributed by atoms with van der Waals surface area (Å²) in [6.07, 6.45) is 1.28. The molecule has 0 radical (unpaired) electrons. The summed E-state index contributed by atoms with van der Waals surface area (Å²) in [5.74, 6) is 0. The zero-order valence-electron chi connectivity index (χ0n) is 11.6. The summed E-state index contributed by atoms with van der Waals surface area (Å²) in [5.41, 5.74) is 1.24. The molecule has 2 aliphatic heterocycles. The highest BCUT2D eigenvalue weighted by molar-refractivity contribution is 7.88. The lowest BCUT2D eigenvalue weighted by Crippen LogP contribution is -2.59. The Kier molecular flexibility index (Phi) is 3.81. The summed E-state index contributed by atoms with van der Waals surface area (Å²) in [7, 11) is -3.11. The van der Waals surface area contributed by atoms with Crippen molar-refractivity contribution >= 4 is 10.0 Å². The number of sulfonamides is 1. The van der Waals surface area contributed by atoms with Gasteiger partial charge in [0, 0.05) is 25.7 Å². The first kappa shape index (κ1) is 14.0. The van der Waals surface area contributed by atoms with Crippen LogP contribution in [0.2, 0.25) is 0 Å². The second-order valence-electron chi connectivity index (χ2n) is 5.48. The molecule has 0 spiro atoms. The smallest absolute Gasteiger partial charge is 0.211 e. The highest BCUT2D eigenvalue weighted by atomic mass is 32.2. The molecule has 2 heterocycles. The molecule has 0 aromatic heterocycles. The molecule has 0 amide bonds. The van der Waals surface area contributed by atoms with Crippen molar-refractivity contribution in [3.63, 3.8) is 0 Å². The van der Waals surface area contributed by atoms with Crippen LogP contribution < -0.4 is 0 Å². The highest BCUT2D eigenvalue weighted by Gasteiger charge is 2.38. The summed E-state index contributed by atoms with van der Waals surface area (Å²) in [5, 5.41) is 0. The molecule has 0 N–H and O–H groups in total. The fraction of sp³-hybridized carbons (Fsp3) is 0.571. The first-order valence-corrected chi connectivity index (χ1v) is 8.74. The van der Waals surface area contributed by atoms with E-state index in [0.717, 1.165) is 6.54 Å².